The Morgan fingerprint density at radius 1 is 1.25 bits per heavy atom. The summed E-state index contributed by atoms with van der Waals surface area (Å²) in [7, 11) is 0. The smallest absolute Gasteiger partial charge is 0.123 e. The fourth-order valence-electron chi connectivity index (χ4n) is 2.51. The van der Waals surface area contributed by atoms with Gasteiger partial charge in [-0.25, -0.2) is 4.98 Å². The van der Waals surface area contributed by atoms with E-state index in [1.165, 1.54) is 5.56 Å². The van der Waals surface area contributed by atoms with E-state index in [1.807, 2.05) is 25.1 Å². The third-order valence-electron chi connectivity index (χ3n) is 3.89. The summed E-state index contributed by atoms with van der Waals surface area (Å²) < 4.78 is 0. The number of aliphatic hydroxyl groups is 1. The van der Waals surface area contributed by atoms with Gasteiger partial charge in [-0.05, 0) is 19.8 Å². The van der Waals surface area contributed by atoms with E-state index >= 15 is 0 Å². The standard InChI is InChI=1S/C16H20N2OS/c1-16(19)7-9-18(10-8-16)11-14-12-20-15(17-14)13-5-3-2-4-6-13/h2-6,12,19H,7-11H2,1H3. The van der Waals surface area contributed by atoms with Gasteiger partial charge in [-0.2, -0.15) is 0 Å². The van der Waals surface area contributed by atoms with Crippen molar-refractivity contribution in [3.8, 4) is 10.6 Å². The topological polar surface area (TPSA) is 36.4 Å². The van der Waals surface area contributed by atoms with Gasteiger partial charge in [0.15, 0.2) is 0 Å². The molecular formula is C16H20N2OS. The Hall–Kier alpha value is -1.23. The second-order valence-electron chi connectivity index (χ2n) is 5.78. The average Bonchev–Trinajstić information content (AvgIpc) is 2.91. The molecule has 0 saturated carbocycles. The number of rotatable bonds is 3. The summed E-state index contributed by atoms with van der Waals surface area (Å²) in [5, 5.41) is 13.2. The van der Waals surface area contributed by atoms with Crippen molar-refractivity contribution in [2.24, 2.45) is 0 Å². The van der Waals surface area contributed by atoms with Crippen molar-refractivity contribution in [1.82, 2.24) is 9.88 Å². The fourth-order valence-corrected chi connectivity index (χ4v) is 3.33. The highest BCUT2D eigenvalue weighted by Gasteiger charge is 2.27. The quantitative estimate of drug-likeness (QED) is 0.942. The molecule has 1 N–H and O–H groups in total. The normalized spacial score (nSPS) is 19.1. The molecule has 3 nitrogen and oxygen atoms in total. The molecule has 1 aliphatic heterocycles. The zero-order valence-corrected chi connectivity index (χ0v) is 12.6. The Morgan fingerprint density at radius 3 is 2.65 bits per heavy atom. The number of hydrogen-bond acceptors (Lipinski definition) is 4. The van der Waals surface area contributed by atoms with E-state index in [9.17, 15) is 5.11 Å². The van der Waals surface area contributed by atoms with Crippen LogP contribution in [-0.4, -0.2) is 33.7 Å². The SMILES string of the molecule is CC1(O)CCN(Cc2csc(-c3ccccc3)n2)CC1. The highest BCUT2D eigenvalue weighted by Crippen LogP contribution is 2.26. The van der Waals surface area contributed by atoms with Crippen LogP contribution in [0.4, 0.5) is 0 Å². The number of piperidine rings is 1. The molecule has 20 heavy (non-hydrogen) atoms. The first kappa shape index (κ1) is 13.7. The number of hydrogen-bond donors (Lipinski definition) is 1. The summed E-state index contributed by atoms with van der Waals surface area (Å²) in [6, 6.07) is 10.3. The average molecular weight is 288 g/mol. The van der Waals surface area contributed by atoms with Gasteiger partial charge in [0.05, 0.1) is 11.3 Å². The van der Waals surface area contributed by atoms with Crippen LogP contribution in [0.1, 0.15) is 25.5 Å². The van der Waals surface area contributed by atoms with Crippen LogP contribution in [0.25, 0.3) is 10.6 Å². The summed E-state index contributed by atoms with van der Waals surface area (Å²) in [4.78, 5) is 7.10. The van der Waals surface area contributed by atoms with E-state index in [0.29, 0.717) is 0 Å². The third-order valence-corrected chi connectivity index (χ3v) is 4.83. The van der Waals surface area contributed by atoms with Gasteiger partial charge in [0.25, 0.3) is 0 Å². The fraction of sp³-hybridized carbons (Fsp3) is 0.438. The first-order valence-electron chi connectivity index (χ1n) is 7.07. The Morgan fingerprint density at radius 2 is 1.95 bits per heavy atom. The van der Waals surface area contributed by atoms with Crippen LogP contribution < -0.4 is 0 Å². The van der Waals surface area contributed by atoms with E-state index in [0.717, 1.165) is 43.2 Å². The van der Waals surface area contributed by atoms with Crippen molar-refractivity contribution in [2.75, 3.05) is 13.1 Å². The van der Waals surface area contributed by atoms with E-state index in [1.54, 1.807) is 11.3 Å². The molecule has 1 saturated heterocycles. The molecule has 1 fully saturated rings. The Bertz CT molecular complexity index is 555. The molecule has 1 aliphatic rings. The molecule has 1 aromatic carbocycles. The molecule has 1 aromatic heterocycles. The first-order valence-corrected chi connectivity index (χ1v) is 7.95. The van der Waals surface area contributed by atoms with Gasteiger partial charge in [0.1, 0.15) is 5.01 Å². The zero-order chi connectivity index (χ0) is 14.0. The van der Waals surface area contributed by atoms with Gasteiger partial charge in [-0.3, -0.25) is 4.90 Å². The maximum atomic E-state index is 9.97. The van der Waals surface area contributed by atoms with Crippen LogP contribution in [-0.2, 0) is 6.54 Å². The number of thiazole rings is 1. The lowest BCUT2D eigenvalue weighted by Crippen LogP contribution is -2.41. The van der Waals surface area contributed by atoms with Crippen LogP contribution in [0.3, 0.4) is 0 Å². The zero-order valence-electron chi connectivity index (χ0n) is 11.7. The molecule has 0 aliphatic carbocycles. The number of aromatic nitrogens is 1. The lowest BCUT2D eigenvalue weighted by Gasteiger charge is -2.35. The molecule has 0 atom stereocenters. The number of nitrogens with zero attached hydrogens (tertiary/aromatic N) is 2. The van der Waals surface area contributed by atoms with E-state index in [4.69, 9.17) is 4.98 Å². The Kier molecular flexibility index (Phi) is 3.87. The van der Waals surface area contributed by atoms with Crippen LogP contribution in [0, 0.1) is 0 Å². The summed E-state index contributed by atoms with van der Waals surface area (Å²) in [5.74, 6) is 0. The maximum absolute atomic E-state index is 9.97. The summed E-state index contributed by atoms with van der Waals surface area (Å²) in [6.07, 6.45) is 1.70. The maximum Gasteiger partial charge on any atom is 0.123 e. The lowest BCUT2D eigenvalue weighted by atomic mass is 9.94. The summed E-state index contributed by atoms with van der Waals surface area (Å²) in [6.45, 7) is 4.72. The predicted octanol–water partition coefficient (Wildman–Crippen LogP) is 3.16. The molecule has 3 rings (SSSR count). The summed E-state index contributed by atoms with van der Waals surface area (Å²) in [5.41, 5.74) is 1.84. The van der Waals surface area contributed by atoms with E-state index in [2.05, 4.69) is 22.4 Å². The molecule has 0 amide bonds. The van der Waals surface area contributed by atoms with Crippen molar-refractivity contribution in [2.45, 2.75) is 31.9 Å². The van der Waals surface area contributed by atoms with Crippen LogP contribution >= 0.6 is 11.3 Å². The summed E-state index contributed by atoms with van der Waals surface area (Å²) >= 11 is 1.70. The van der Waals surface area contributed by atoms with Gasteiger partial charge in [0.2, 0.25) is 0 Å². The second-order valence-corrected chi connectivity index (χ2v) is 6.64. The molecule has 2 aromatic rings. The minimum Gasteiger partial charge on any atom is -0.390 e. The molecule has 0 unspecified atom stereocenters. The van der Waals surface area contributed by atoms with Gasteiger partial charge in [-0.15, -0.1) is 11.3 Å². The van der Waals surface area contributed by atoms with Crippen molar-refractivity contribution < 1.29 is 5.11 Å². The highest BCUT2D eigenvalue weighted by atomic mass is 32.1. The van der Waals surface area contributed by atoms with Crippen LogP contribution in [0.5, 0.6) is 0 Å². The Balaban J connectivity index is 1.64. The highest BCUT2D eigenvalue weighted by molar-refractivity contribution is 7.13. The van der Waals surface area contributed by atoms with Gasteiger partial charge < -0.3 is 5.11 Å². The third kappa shape index (κ3) is 3.26. The lowest BCUT2D eigenvalue weighted by molar-refractivity contribution is -0.00753. The van der Waals surface area contributed by atoms with Gasteiger partial charge in [0, 0.05) is 30.6 Å². The molecule has 0 radical (unpaired) electrons. The molecule has 106 valence electrons. The first-order chi connectivity index (χ1) is 9.62. The minimum absolute atomic E-state index is 0.478. The molecule has 4 heteroatoms. The minimum atomic E-state index is -0.478. The number of likely N-dealkylation sites (tertiary alicyclic amines) is 1. The second kappa shape index (κ2) is 5.64. The van der Waals surface area contributed by atoms with Crippen molar-refractivity contribution >= 4 is 11.3 Å². The molecular weight excluding hydrogens is 268 g/mol. The largest absolute Gasteiger partial charge is 0.390 e. The van der Waals surface area contributed by atoms with Crippen molar-refractivity contribution in [3.63, 3.8) is 0 Å². The van der Waals surface area contributed by atoms with E-state index in [-0.39, 0.29) is 0 Å². The van der Waals surface area contributed by atoms with Crippen molar-refractivity contribution in [1.29, 1.82) is 0 Å². The van der Waals surface area contributed by atoms with E-state index < -0.39 is 5.60 Å². The Labute approximate surface area is 123 Å². The molecule has 0 bridgehead atoms. The molecule has 0 spiro atoms. The van der Waals surface area contributed by atoms with Crippen molar-refractivity contribution in [3.05, 3.63) is 41.4 Å². The van der Waals surface area contributed by atoms with Gasteiger partial charge in [-0.1, -0.05) is 30.3 Å². The predicted molar refractivity (Wildman–Crippen MR) is 82.7 cm³/mol. The van der Waals surface area contributed by atoms with Crippen LogP contribution in [0.15, 0.2) is 35.7 Å². The number of benzene rings is 1. The van der Waals surface area contributed by atoms with Gasteiger partial charge >= 0.3 is 0 Å². The monoisotopic (exact) mass is 288 g/mol. The van der Waals surface area contributed by atoms with Crippen LogP contribution in [0.2, 0.25) is 0 Å². The molecule has 2 heterocycles.